The van der Waals surface area contributed by atoms with E-state index in [1.807, 2.05) is 0 Å². The van der Waals surface area contributed by atoms with E-state index in [0.29, 0.717) is 0 Å². The van der Waals surface area contributed by atoms with Crippen molar-refractivity contribution >= 4 is 14.3 Å². The molecule has 0 spiro atoms. The van der Waals surface area contributed by atoms with E-state index in [2.05, 4.69) is 26.6 Å². The van der Waals surface area contributed by atoms with Gasteiger partial charge in [0.1, 0.15) is 0 Å². The van der Waals surface area contributed by atoms with Crippen molar-refractivity contribution in [1.29, 1.82) is 0 Å². The molecule has 1 aliphatic carbocycles. The number of carbonyl (C=O) groups is 1. The summed E-state index contributed by atoms with van der Waals surface area (Å²) in [6, 6.07) is 0. The normalized spacial score (nSPS) is 21.7. The maximum atomic E-state index is 11.9. The highest BCUT2D eigenvalue weighted by molar-refractivity contribution is 6.71. The Kier molecular flexibility index (Phi) is 3.40. The smallest absolute Gasteiger partial charge is 0.298 e. The molecule has 0 unspecified atom stereocenters. The molecule has 0 aromatic rings. The van der Waals surface area contributed by atoms with Crippen molar-refractivity contribution in [1.82, 2.24) is 0 Å². The fraction of sp³-hybridized carbons (Fsp3) is 0.909. The van der Waals surface area contributed by atoms with Gasteiger partial charge in [0.25, 0.3) is 5.97 Å². The van der Waals surface area contributed by atoms with Crippen LogP contribution in [-0.2, 0) is 9.22 Å². The van der Waals surface area contributed by atoms with E-state index in [9.17, 15) is 4.79 Å². The zero-order valence-electron chi connectivity index (χ0n) is 9.85. The van der Waals surface area contributed by atoms with Crippen molar-refractivity contribution in [2.75, 3.05) is 0 Å². The first-order chi connectivity index (χ1) is 6.33. The lowest BCUT2D eigenvalue weighted by Gasteiger charge is -2.33. The molecule has 0 amide bonds. The van der Waals surface area contributed by atoms with Gasteiger partial charge >= 0.3 is 0 Å². The fourth-order valence-electron chi connectivity index (χ4n) is 1.94. The predicted molar refractivity (Wildman–Crippen MR) is 60.6 cm³/mol. The van der Waals surface area contributed by atoms with Crippen LogP contribution >= 0.6 is 0 Å². The molecule has 0 aromatic carbocycles. The van der Waals surface area contributed by atoms with Crippen LogP contribution in [0.25, 0.3) is 0 Å². The van der Waals surface area contributed by atoms with E-state index in [1.165, 1.54) is 19.3 Å². The summed E-state index contributed by atoms with van der Waals surface area (Å²) in [5.74, 6) is 0.0522. The van der Waals surface area contributed by atoms with Crippen LogP contribution in [0.5, 0.6) is 0 Å². The Morgan fingerprint density at radius 3 is 2.07 bits per heavy atom. The van der Waals surface area contributed by atoms with Crippen molar-refractivity contribution in [3.8, 4) is 0 Å². The van der Waals surface area contributed by atoms with Crippen molar-refractivity contribution in [3.05, 3.63) is 0 Å². The Balaban J connectivity index is 2.58. The third-order valence-electron chi connectivity index (χ3n) is 2.85. The second-order valence-electron chi connectivity index (χ2n) is 5.62. The van der Waals surface area contributed by atoms with E-state index in [4.69, 9.17) is 4.43 Å². The van der Waals surface area contributed by atoms with Crippen LogP contribution in [0.2, 0.25) is 19.6 Å². The van der Waals surface area contributed by atoms with Gasteiger partial charge in [-0.15, -0.1) is 0 Å². The standard InChI is InChI=1S/C11H22O2Si/c1-11(8-6-5-7-9-11)10(12)13-14(2,3)4/h5-9H2,1-4H3. The number of rotatable bonds is 2. The van der Waals surface area contributed by atoms with Gasteiger partial charge in [0, 0.05) is 0 Å². The highest BCUT2D eigenvalue weighted by Gasteiger charge is 2.38. The highest BCUT2D eigenvalue weighted by atomic mass is 28.4. The zero-order valence-corrected chi connectivity index (χ0v) is 10.9. The lowest BCUT2D eigenvalue weighted by atomic mass is 9.76. The van der Waals surface area contributed by atoms with E-state index >= 15 is 0 Å². The minimum absolute atomic E-state index is 0.0522. The number of hydrogen-bond acceptors (Lipinski definition) is 2. The maximum absolute atomic E-state index is 11.9. The Bertz CT molecular complexity index is 212. The maximum Gasteiger partial charge on any atom is 0.298 e. The first kappa shape index (κ1) is 11.8. The molecule has 82 valence electrons. The lowest BCUT2D eigenvalue weighted by molar-refractivity contribution is -0.147. The largest absolute Gasteiger partial charge is 0.519 e. The average Bonchev–Trinajstić information content (AvgIpc) is 2.02. The van der Waals surface area contributed by atoms with Crippen LogP contribution in [0.15, 0.2) is 0 Å². The van der Waals surface area contributed by atoms with Crippen LogP contribution < -0.4 is 0 Å². The molecular weight excluding hydrogens is 192 g/mol. The summed E-state index contributed by atoms with van der Waals surface area (Å²) in [5.41, 5.74) is -0.182. The van der Waals surface area contributed by atoms with Crippen LogP contribution in [0.4, 0.5) is 0 Å². The van der Waals surface area contributed by atoms with Gasteiger partial charge < -0.3 is 4.43 Å². The second kappa shape index (κ2) is 4.05. The summed E-state index contributed by atoms with van der Waals surface area (Å²) >= 11 is 0. The molecule has 0 radical (unpaired) electrons. The molecule has 0 aliphatic heterocycles. The first-order valence-electron chi connectivity index (χ1n) is 5.57. The van der Waals surface area contributed by atoms with Gasteiger partial charge in [-0.1, -0.05) is 19.3 Å². The number of hydrogen-bond donors (Lipinski definition) is 0. The molecule has 1 fully saturated rings. The van der Waals surface area contributed by atoms with E-state index in [-0.39, 0.29) is 11.4 Å². The summed E-state index contributed by atoms with van der Waals surface area (Å²) in [6.07, 6.45) is 5.65. The first-order valence-corrected chi connectivity index (χ1v) is 8.98. The Labute approximate surface area is 88.2 Å². The van der Waals surface area contributed by atoms with Gasteiger partial charge in [-0.25, -0.2) is 0 Å². The van der Waals surface area contributed by atoms with Gasteiger partial charge in [0.05, 0.1) is 5.41 Å². The monoisotopic (exact) mass is 214 g/mol. The molecule has 0 atom stereocenters. The summed E-state index contributed by atoms with van der Waals surface area (Å²) in [7, 11) is -1.70. The van der Waals surface area contributed by atoms with Crippen LogP contribution in [0, 0.1) is 5.41 Å². The van der Waals surface area contributed by atoms with Crippen molar-refractivity contribution in [2.24, 2.45) is 5.41 Å². The molecule has 2 nitrogen and oxygen atoms in total. The Morgan fingerprint density at radius 1 is 1.14 bits per heavy atom. The molecule has 3 heteroatoms. The topological polar surface area (TPSA) is 26.3 Å². The van der Waals surface area contributed by atoms with E-state index < -0.39 is 8.32 Å². The van der Waals surface area contributed by atoms with Crippen LogP contribution in [-0.4, -0.2) is 14.3 Å². The van der Waals surface area contributed by atoms with Gasteiger partial charge in [-0.2, -0.15) is 0 Å². The molecule has 0 heterocycles. The van der Waals surface area contributed by atoms with E-state index in [0.717, 1.165) is 12.8 Å². The van der Waals surface area contributed by atoms with Gasteiger partial charge in [-0.3, -0.25) is 4.79 Å². The van der Waals surface area contributed by atoms with Crippen LogP contribution in [0.3, 0.4) is 0 Å². The molecule has 1 aliphatic rings. The summed E-state index contributed by atoms with van der Waals surface area (Å²) < 4.78 is 5.58. The second-order valence-corrected chi connectivity index (χ2v) is 10.1. The van der Waals surface area contributed by atoms with Crippen molar-refractivity contribution in [2.45, 2.75) is 58.7 Å². The molecule has 1 rings (SSSR count). The van der Waals surface area contributed by atoms with Crippen molar-refractivity contribution < 1.29 is 9.22 Å². The molecule has 0 aromatic heterocycles. The summed E-state index contributed by atoms with van der Waals surface area (Å²) in [4.78, 5) is 11.9. The van der Waals surface area contributed by atoms with Crippen LogP contribution in [0.1, 0.15) is 39.0 Å². The van der Waals surface area contributed by atoms with Gasteiger partial charge in [-0.05, 0) is 39.4 Å². The predicted octanol–water partition coefficient (Wildman–Crippen LogP) is 3.33. The zero-order chi connectivity index (χ0) is 10.8. The highest BCUT2D eigenvalue weighted by Crippen LogP contribution is 2.37. The molecule has 1 saturated carbocycles. The quantitative estimate of drug-likeness (QED) is 0.659. The SMILES string of the molecule is CC1(C(=O)O[Si](C)(C)C)CCCCC1. The van der Waals surface area contributed by atoms with E-state index in [1.54, 1.807) is 0 Å². The lowest BCUT2D eigenvalue weighted by Crippen LogP contribution is -2.39. The van der Waals surface area contributed by atoms with Crippen molar-refractivity contribution in [3.63, 3.8) is 0 Å². The Morgan fingerprint density at radius 2 is 1.64 bits per heavy atom. The average molecular weight is 214 g/mol. The summed E-state index contributed by atoms with van der Waals surface area (Å²) in [5, 5.41) is 0. The molecule has 0 saturated heterocycles. The third-order valence-corrected chi connectivity index (χ3v) is 3.65. The minimum Gasteiger partial charge on any atom is -0.519 e. The molecule has 0 N–H and O–H groups in total. The molecule has 14 heavy (non-hydrogen) atoms. The molecular formula is C11H22O2Si. The fourth-order valence-corrected chi connectivity index (χ4v) is 2.74. The number of carbonyl (C=O) groups excluding carboxylic acids is 1. The van der Waals surface area contributed by atoms with Gasteiger partial charge in [0.2, 0.25) is 8.32 Å². The van der Waals surface area contributed by atoms with Gasteiger partial charge in [0.15, 0.2) is 0 Å². The molecule has 0 bridgehead atoms. The third kappa shape index (κ3) is 3.12. The minimum atomic E-state index is -1.70. The summed E-state index contributed by atoms with van der Waals surface area (Å²) in [6.45, 7) is 8.26. The Hall–Kier alpha value is -0.313.